The van der Waals surface area contributed by atoms with Crippen LogP contribution in [0.2, 0.25) is 10.6 Å². The molecule has 1 aromatic carbocycles. The van der Waals surface area contributed by atoms with Gasteiger partial charge in [-0.25, -0.2) is 0 Å². The predicted octanol–water partition coefficient (Wildman–Crippen LogP) is 3.56. The highest BCUT2D eigenvalue weighted by Gasteiger charge is 2.06. The average Bonchev–Trinajstić information content (AvgIpc) is 2.30. The van der Waals surface area contributed by atoms with E-state index in [1.807, 2.05) is 6.07 Å². The van der Waals surface area contributed by atoms with Gasteiger partial charge in [0.1, 0.15) is 0 Å². The molecular weight excluding hydrogens is 341 g/mol. The Balaban J connectivity index is 2.31. The highest BCUT2D eigenvalue weighted by atomic mass is 79.9. The van der Waals surface area contributed by atoms with E-state index in [0.717, 1.165) is 0 Å². The van der Waals surface area contributed by atoms with Crippen molar-refractivity contribution in [2.24, 2.45) is 0 Å². The lowest BCUT2D eigenvalue weighted by molar-refractivity contribution is 1.05. The number of nitriles is 1. The molecule has 0 saturated heterocycles. The zero-order valence-corrected chi connectivity index (χ0v) is 11.8. The second kappa shape index (κ2) is 5.48. The van der Waals surface area contributed by atoms with Crippen molar-refractivity contribution in [1.82, 2.24) is 15.0 Å². The number of hydrogen-bond acceptors (Lipinski definition) is 5. The first-order chi connectivity index (χ1) is 8.58. The number of rotatable bonds is 2. The van der Waals surface area contributed by atoms with Gasteiger partial charge in [0, 0.05) is 4.47 Å². The molecule has 1 N–H and O–H groups in total. The minimum atomic E-state index is 0.00210. The van der Waals surface area contributed by atoms with Crippen molar-refractivity contribution >= 4 is 50.8 Å². The average molecular weight is 345 g/mol. The van der Waals surface area contributed by atoms with Crippen molar-refractivity contribution < 1.29 is 0 Å². The van der Waals surface area contributed by atoms with Crippen LogP contribution in [0.1, 0.15) is 5.56 Å². The summed E-state index contributed by atoms with van der Waals surface area (Å²) in [7, 11) is 0. The molecule has 0 aliphatic rings. The summed E-state index contributed by atoms with van der Waals surface area (Å²) in [5, 5.41) is 11.7. The van der Waals surface area contributed by atoms with E-state index in [9.17, 15) is 0 Å². The van der Waals surface area contributed by atoms with Gasteiger partial charge in [-0.15, -0.1) is 0 Å². The van der Waals surface area contributed by atoms with Gasteiger partial charge in [-0.2, -0.15) is 20.2 Å². The van der Waals surface area contributed by atoms with Gasteiger partial charge in [0.15, 0.2) is 0 Å². The normalized spacial score (nSPS) is 9.89. The molecule has 0 radical (unpaired) electrons. The fourth-order valence-electron chi connectivity index (χ4n) is 1.19. The molecule has 0 amide bonds. The Bertz CT molecular complexity index is 620. The number of benzene rings is 1. The number of anilines is 2. The molecule has 90 valence electrons. The molecule has 5 nitrogen and oxygen atoms in total. The van der Waals surface area contributed by atoms with Gasteiger partial charge in [0.25, 0.3) is 0 Å². The van der Waals surface area contributed by atoms with E-state index >= 15 is 0 Å². The van der Waals surface area contributed by atoms with Crippen LogP contribution < -0.4 is 5.32 Å². The molecule has 8 heteroatoms. The molecule has 1 heterocycles. The maximum absolute atomic E-state index is 8.76. The standard InChI is InChI=1S/C10H4BrCl2N5/c11-6-3-5(4-14)1-2-7(6)15-10-17-8(12)16-9(13)18-10/h1-3H,(H,15,16,17,18). The van der Waals surface area contributed by atoms with Crippen molar-refractivity contribution in [2.45, 2.75) is 0 Å². The minimum Gasteiger partial charge on any atom is -0.323 e. The largest absolute Gasteiger partial charge is 0.323 e. The first-order valence-electron chi connectivity index (χ1n) is 4.62. The molecule has 0 aliphatic carbocycles. The van der Waals surface area contributed by atoms with E-state index in [-0.39, 0.29) is 16.5 Å². The molecule has 1 aromatic heterocycles. The summed E-state index contributed by atoms with van der Waals surface area (Å²) in [6.45, 7) is 0. The van der Waals surface area contributed by atoms with Gasteiger partial charge < -0.3 is 5.32 Å². The van der Waals surface area contributed by atoms with E-state index in [2.05, 4.69) is 36.2 Å². The van der Waals surface area contributed by atoms with Gasteiger partial charge in [-0.3, -0.25) is 0 Å². The molecule has 0 fully saturated rings. The van der Waals surface area contributed by atoms with Crippen LogP contribution in [0.25, 0.3) is 0 Å². The Morgan fingerprint density at radius 2 is 1.83 bits per heavy atom. The second-order valence-corrected chi connectivity index (χ2v) is 4.66. The van der Waals surface area contributed by atoms with Crippen LogP contribution in [-0.2, 0) is 0 Å². The van der Waals surface area contributed by atoms with Crippen molar-refractivity contribution in [3.63, 3.8) is 0 Å². The van der Waals surface area contributed by atoms with Crippen LogP contribution in [0.15, 0.2) is 22.7 Å². The van der Waals surface area contributed by atoms with E-state index < -0.39 is 0 Å². The third kappa shape index (κ3) is 3.07. The maximum Gasteiger partial charge on any atom is 0.232 e. The smallest absolute Gasteiger partial charge is 0.232 e. The lowest BCUT2D eigenvalue weighted by Crippen LogP contribution is -2.00. The van der Waals surface area contributed by atoms with E-state index in [1.165, 1.54) is 0 Å². The summed E-state index contributed by atoms with van der Waals surface area (Å²) < 4.78 is 0.703. The van der Waals surface area contributed by atoms with Crippen molar-refractivity contribution in [1.29, 1.82) is 5.26 Å². The summed E-state index contributed by atoms with van der Waals surface area (Å²) in [4.78, 5) is 11.4. The van der Waals surface area contributed by atoms with Gasteiger partial charge in [0.05, 0.1) is 17.3 Å². The molecule has 0 bridgehead atoms. The zero-order chi connectivity index (χ0) is 13.1. The molecule has 0 saturated carbocycles. The molecule has 0 unspecified atom stereocenters. The molecule has 0 atom stereocenters. The van der Waals surface area contributed by atoms with E-state index in [4.69, 9.17) is 28.5 Å². The number of nitrogens with one attached hydrogen (secondary N) is 1. The van der Waals surface area contributed by atoms with E-state index in [1.54, 1.807) is 18.2 Å². The highest BCUT2D eigenvalue weighted by Crippen LogP contribution is 2.26. The third-order valence-corrected chi connectivity index (χ3v) is 2.92. The van der Waals surface area contributed by atoms with Crippen molar-refractivity contribution in [3.05, 3.63) is 38.8 Å². The fraction of sp³-hybridized carbons (Fsp3) is 0. The SMILES string of the molecule is N#Cc1ccc(Nc2nc(Cl)nc(Cl)n2)c(Br)c1. The quantitative estimate of drug-likeness (QED) is 0.901. The minimum absolute atomic E-state index is 0.00210. The Morgan fingerprint density at radius 1 is 1.17 bits per heavy atom. The summed E-state index contributed by atoms with van der Waals surface area (Å²) in [6.07, 6.45) is 0. The van der Waals surface area contributed by atoms with Gasteiger partial charge in [0.2, 0.25) is 16.5 Å². The van der Waals surface area contributed by atoms with Crippen LogP contribution in [0.5, 0.6) is 0 Å². The number of nitrogens with zero attached hydrogens (tertiary/aromatic N) is 4. The predicted molar refractivity (Wildman–Crippen MR) is 72.0 cm³/mol. The molecule has 2 aromatic rings. The summed E-state index contributed by atoms with van der Waals surface area (Å²) in [5.41, 5.74) is 1.23. The third-order valence-electron chi connectivity index (χ3n) is 1.93. The fourth-order valence-corrected chi connectivity index (χ4v) is 2.03. The summed E-state index contributed by atoms with van der Waals surface area (Å²) in [6, 6.07) is 7.09. The monoisotopic (exact) mass is 343 g/mol. The lowest BCUT2D eigenvalue weighted by Gasteiger charge is -2.07. The van der Waals surface area contributed by atoms with Gasteiger partial charge >= 0.3 is 0 Å². The first kappa shape index (κ1) is 13.0. The topological polar surface area (TPSA) is 74.5 Å². The molecule has 2 rings (SSSR count). The van der Waals surface area contributed by atoms with Crippen molar-refractivity contribution in [3.8, 4) is 6.07 Å². The van der Waals surface area contributed by atoms with E-state index in [0.29, 0.717) is 15.7 Å². The van der Waals surface area contributed by atoms with Crippen LogP contribution in [0.4, 0.5) is 11.6 Å². The van der Waals surface area contributed by atoms with Crippen LogP contribution >= 0.6 is 39.1 Å². The van der Waals surface area contributed by atoms with Crippen LogP contribution in [0.3, 0.4) is 0 Å². The second-order valence-electron chi connectivity index (χ2n) is 3.13. The van der Waals surface area contributed by atoms with Gasteiger partial charge in [-0.05, 0) is 57.3 Å². The lowest BCUT2D eigenvalue weighted by atomic mass is 10.2. The number of aromatic nitrogens is 3. The maximum atomic E-state index is 8.76. The summed E-state index contributed by atoms with van der Waals surface area (Å²) >= 11 is 14.7. The summed E-state index contributed by atoms with van der Waals surface area (Å²) in [5.74, 6) is 0.227. The Morgan fingerprint density at radius 3 is 2.39 bits per heavy atom. The molecular formula is C10H4BrCl2N5. The molecule has 0 aliphatic heterocycles. The highest BCUT2D eigenvalue weighted by molar-refractivity contribution is 9.10. The first-order valence-corrected chi connectivity index (χ1v) is 6.17. The Labute approximate surface area is 121 Å². The van der Waals surface area contributed by atoms with Crippen LogP contribution in [-0.4, -0.2) is 15.0 Å². The number of halogens is 3. The van der Waals surface area contributed by atoms with Crippen molar-refractivity contribution in [2.75, 3.05) is 5.32 Å². The molecule has 0 spiro atoms. The zero-order valence-electron chi connectivity index (χ0n) is 8.65. The Kier molecular flexibility index (Phi) is 3.97. The molecule has 18 heavy (non-hydrogen) atoms. The van der Waals surface area contributed by atoms with Gasteiger partial charge in [-0.1, -0.05) is 0 Å². The number of hydrogen-bond donors (Lipinski definition) is 1. The Hall–Kier alpha value is -1.42. The van der Waals surface area contributed by atoms with Crippen LogP contribution in [0, 0.1) is 11.3 Å².